The van der Waals surface area contributed by atoms with Crippen molar-refractivity contribution in [3.05, 3.63) is 66.6 Å². The monoisotopic (exact) mass is 369 g/mol. The highest BCUT2D eigenvalue weighted by Crippen LogP contribution is 2.27. The number of rotatable bonds is 5. The first kappa shape index (κ1) is 16.9. The third-order valence-corrected chi connectivity index (χ3v) is 6.46. The summed E-state index contributed by atoms with van der Waals surface area (Å²) < 4.78 is 32.7. The van der Waals surface area contributed by atoms with Crippen LogP contribution in [0, 0.1) is 5.92 Å². The van der Waals surface area contributed by atoms with Gasteiger partial charge in [0.1, 0.15) is 0 Å². The van der Waals surface area contributed by atoms with E-state index in [0.717, 1.165) is 12.0 Å². The Morgan fingerprint density at radius 3 is 2.42 bits per heavy atom. The molecule has 1 aliphatic rings. The van der Waals surface area contributed by atoms with E-state index in [1.165, 1.54) is 0 Å². The lowest BCUT2D eigenvalue weighted by Gasteiger charge is -2.16. The minimum absolute atomic E-state index is 0.178. The Hall–Kier alpha value is -2.51. The topological polar surface area (TPSA) is 76.3 Å². The second-order valence-electron chi connectivity index (χ2n) is 6.40. The normalized spacial score (nSPS) is 18.2. The molecule has 6 nitrogen and oxygen atoms in total. The zero-order valence-corrected chi connectivity index (χ0v) is 15.0. The van der Waals surface area contributed by atoms with E-state index in [9.17, 15) is 8.42 Å². The van der Waals surface area contributed by atoms with Gasteiger partial charge < -0.3 is 4.42 Å². The van der Waals surface area contributed by atoms with Crippen molar-refractivity contribution in [2.45, 2.75) is 17.7 Å². The molecule has 0 bridgehead atoms. The number of aromatic nitrogens is 2. The molecule has 0 radical (unpaired) electrons. The van der Waals surface area contributed by atoms with Crippen LogP contribution in [0.1, 0.15) is 12.3 Å². The van der Waals surface area contributed by atoms with E-state index in [-0.39, 0.29) is 5.92 Å². The van der Waals surface area contributed by atoms with Crippen LogP contribution in [0.2, 0.25) is 0 Å². The highest BCUT2D eigenvalue weighted by Gasteiger charge is 2.33. The number of nitrogens with zero attached hydrogens (tertiary/aromatic N) is 3. The van der Waals surface area contributed by atoms with Crippen LogP contribution in [-0.2, 0) is 16.4 Å². The Morgan fingerprint density at radius 2 is 1.69 bits per heavy atom. The molecular formula is C19H19N3O3S. The van der Waals surface area contributed by atoms with E-state index in [0.29, 0.717) is 36.2 Å². The van der Waals surface area contributed by atoms with E-state index in [2.05, 4.69) is 10.2 Å². The zero-order chi connectivity index (χ0) is 18.0. The maximum absolute atomic E-state index is 12.7. The van der Waals surface area contributed by atoms with Crippen molar-refractivity contribution in [1.29, 1.82) is 0 Å². The van der Waals surface area contributed by atoms with Crippen LogP contribution in [0.3, 0.4) is 0 Å². The highest BCUT2D eigenvalue weighted by molar-refractivity contribution is 7.89. The van der Waals surface area contributed by atoms with E-state index in [1.54, 1.807) is 28.6 Å². The first-order chi connectivity index (χ1) is 12.6. The van der Waals surface area contributed by atoms with Crippen LogP contribution in [0.4, 0.5) is 0 Å². The molecule has 1 saturated heterocycles. The van der Waals surface area contributed by atoms with Gasteiger partial charge in [0.05, 0.1) is 4.90 Å². The molecule has 0 amide bonds. The van der Waals surface area contributed by atoms with Gasteiger partial charge in [0.15, 0.2) is 0 Å². The fraction of sp³-hybridized carbons (Fsp3) is 0.263. The number of benzene rings is 2. The number of sulfonamides is 1. The average Bonchev–Trinajstić information content (AvgIpc) is 3.34. The molecular weight excluding hydrogens is 350 g/mol. The summed E-state index contributed by atoms with van der Waals surface area (Å²) in [6, 6.07) is 18.2. The molecule has 26 heavy (non-hydrogen) atoms. The van der Waals surface area contributed by atoms with E-state index in [4.69, 9.17) is 4.42 Å². The van der Waals surface area contributed by atoms with Crippen molar-refractivity contribution in [1.82, 2.24) is 14.5 Å². The Morgan fingerprint density at radius 1 is 1.00 bits per heavy atom. The first-order valence-corrected chi connectivity index (χ1v) is 10.00. The second kappa shape index (κ2) is 7.01. The van der Waals surface area contributed by atoms with Crippen molar-refractivity contribution < 1.29 is 12.8 Å². The molecule has 1 aromatic heterocycles. The molecule has 7 heteroatoms. The fourth-order valence-corrected chi connectivity index (χ4v) is 4.76. The predicted octanol–water partition coefficient (Wildman–Crippen LogP) is 2.99. The minimum atomic E-state index is -3.43. The van der Waals surface area contributed by atoms with Gasteiger partial charge in [-0.05, 0) is 36.6 Å². The summed E-state index contributed by atoms with van der Waals surface area (Å²) in [6.45, 7) is 0.988. The third kappa shape index (κ3) is 3.40. The van der Waals surface area contributed by atoms with Gasteiger partial charge in [-0.1, -0.05) is 36.4 Å². The van der Waals surface area contributed by atoms with Gasteiger partial charge in [0, 0.05) is 25.1 Å². The quantitative estimate of drug-likeness (QED) is 0.691. The summed E-state index contributed by atoms with van der Waals surface area (Å²) in [7, 11) is -3.43. The molecule has 1 atom stereocenters. The third-order valence-electron chi connectivity index (χ3n) is 4.58. The Kier molecular flexibility index (Phi) is 4.57. The molecule has 0 saturated carbocycles. The van der Waals surface area contributed by atoms with Gasteiger partial charge >= 0.3 is 0 Å². The van der Waals surface area contributed by atoms with Crippen molar-refractivity contribution in [2.75, 3.05) is 13.1 Å². The van der Waals surface area contributed by atoms with Gasteiger partial charge in [-0.25, -0.2) is 8.42 Å². The highest BCUT2D eigenvalue weighted by atomic mass is 32.2. The van der Waals surface area contributed by atoms with Crippen molar-refractivity contribution in [3.8, 4) is 11.5 Å². The van der Waals surface area contributed by atoms with Gasteiger partial charge in [-0.3, -0.25) is 0 Å². The molecule has 2 heterocycles. The Labute approximate surface area is 152 Å². The van der Waals surface area contributed by atoms with Crippen molar-refractivity contribution in [3.63, 3.8) is 0 Å². The SMILES string of the molecule is O=S(=O)(c1ccccc1)N1CCC(Cc2nnc(-c3ccccc3)o2)C1. The first-order valence-electron chi connectivity index (χ1n) is 8.56. The minimum Gasteiger partial charge on any atom is -0.421 e. The lowest BCUT2D eigenvalue weighted by Crippen LogP contribution is -2.29. The summed E-state index contributed by atoms with van der Waals surface area (Å²) in [4.78, 5) is 0.338. The van der Waals surface area contributed by atoms with Crippen LogP contribution in [0.15, 0.2) is 70.0 Å². The van der Waals surface area contributed by atoms with E-state index >= 15 is 0 Å². The molecule has 1 fully saturated rings. The number of hydrogen-bond donors (Lipinski definition) is 0. The average molecular weight is 369 g/mol. The largest absolute Gasteiger partial charge is 0.421 e. The van der Waals surface area contributed by atoms with Gasteiger partial charge in [-0.2, -0.15) is 4.31 Å². The summed E-state index contributed by atoms with van der Waals surface area (Å²) in [5.74, 6) is 1.22. The van der Waals surface area contributed by atoms with Crippen LogP contribution in [0.5, 0.6) is 0 Å². The van der Waals surface area contributed by atoms with Crippen molar-refractivity contribution >= 4 is 10.0 Å². The van der Waals surface area contributed by atoms with Crippen molar-refractivity contribution in [2.24, 2.45) is 5.92 Å². The zero-order valence-electron chi connectivity index (χ0n) is 14.2. The summed E-state index contributed by atoms with van der Waals surface area (Å²) in [6.07, 6.45) is 1.37. The van der Waals surface area contributed by atoms with Crippen LogP contribution in [-0.4, -0.2) is 36.0 Å². The molecule has 1 unspecified atom stereocenters. The molecule has 4 rings (SSSR count). The predicted molar refractivity (Wildman–Crippen MR) is 96.7 cm³/mol. The van der Waals surface area contributed by atoms with Gasteiger partial charge in [-0.15, -0.1) is 10.2 Å². The number of hydrogen-bond acceptors (Lipinski definition) is 5. The lowest BCUT2D eigenvalue weighted by molar-refractivity contribution is 0.423. The summed E-state index contributed by atoms with van der Waals surface area (Å²) in [5.41, 5.74) is 0.881. The molecule has 0 N–H and O–H groups in total. The fourth-order valence-electron chi connectivity index (χ4n) is 3.20. The molecule has 2 aromatic carbocycles. The molecule has 1 aliphatic heterocycles. The maximum Gasteiger partial charge on any atom is 0.247 e. The van der Waals surface area contributed by atoms with Gasteiger partial charge in [0.2, 0.25) is 21.8 Å². The summed E-state index contributed by atoms with van der Waals surface area (Å²) >= 11 is 0. The van der Waals surface area contributed by atoms with Crippen LogP contribution in [0.25, 0.3) is 11.5 Å². The van der Waals surface area contributed by atoms with E-state index < -0.39 is 10.0 Å². The lowest BCUT2D eigenvalue weighted by atomic mass is 10.1. The van der Waals surface area contributed by atoms with E-state index in [1.807, 2.05) is 36.4 Å². The molecule has 3 aromatic rings. The molecule has 0 aliphatic carbocycles. The summed E-state index contributed by atoms with van der Waals surface area (Å²) in [5, 5.41) is 8.21. The van der Waals surface area contributed by atoms with Crippen LogP contribution < -0.4 is 0 Å². The second-order valence-corrected chi connectivity index (χ2v) is 8.34. The smallest absolute Gasteiger partial charge is 0.247 e. The Bertz CT molecular complexity index is 972. The molecule has 0 spiro atoms. The van der Waals surface area contributed by atoms with Crippen LogP contribution >= 0.6 is 0 Å². The maximum atomic E-state index is 12.7. The Balaban J connectivity index is 1.43. The standard InChI is InChI=1S/C19H19N3O3S/c23-26(24,17-9-5-2-6-10-17)22-12-11-15(14-22)13-18-20-21-19(25-18)16-7-3-1-4-8-16/h1-10,15H,11-14H2. The van der Waals surface area contributed by atoms with Gasteiger partial charge in [0.25, 0.3) is 0 Å². The molecule has 134 valence electrons.